The number of hydrogen-bond donors (Lipinski definition) is 0. The van der Waals surface area contributed by atoms with Gasteiger partial charge >= 0.3 is 173 Å². The SMILES string of the molecule is CCCC/C=[C](/Sc1ccccc1)[Sn]([CH2]CCC)([CH2]CCC)[CH2]CCC. The van der Waals surface area contributed by atoms with Crippen LogP contribution in [-0.2, 0) is 0 Å². The molecule has 26 heavy (non-hydrogen) atoms. The first-order valence-corrected chi connectivity index (χ1v) is 19.5. The first-order chi connectivity index (χ1) is 12.7. The molecule has 0 spiro atoms. The second kappa shape index (κ2) is 15.1. The van der Waals surface area contributed by atoms with E-state index in [9.17, 15) is 0 Å². The zero-order valence-corrected chi connectivity index (χ0v) is 21.5. The summed E-state index contributed by atoms with van der Waals surface area (Å²) in [5, 5.41) is 0. The van der Waals surface area contributed by atoms with Gasteiger partial charge in [-0.2, -0.15) is 0 Å². The summed E-state index contributed by atoms with van der Waals surface area (Å²) in [6, 6.07) is 11.2. The Morgan fingerprint density at radius 3 is 1.73 bits per heavy atom. The molecule has 0 fully saturated rings. The zero-order chi connectivity index (χ0) is 19.1. The molecular formula is C24H42SSn. The minimum absolute atomic E-state index is 1.29. The maximum absolute atomic E-state index is 2.71. The van der Waals surface area contributed by atoms with E-state index in [1.807, 2.05) is 2.92 Å². The van der Waals surface area contributed by atoms with Crippen LogP contribution in [-0.4, -0.2) is 18.4 Å². The van der Waals surface area contributed by atoms with Crippen molar-refractivity contribution < 1.29 is 0 Å². The number of rotatable bonds is 15. The quantitative estimate of drug-likeness (QED) is 0.137. The van der Waals surface area contributed by atoms with E-state index in [0.29, 0.717) is 0 Å². The van der Waals surface area contributed by atoms with Crippen LogP contribution in [0.25, 0.3) is 0 Å². The molecule has 0 aliphatic rings. The van der Waals surface area contributed by atoms with Crippen molar-refractivity contribution >= 4 is 30.1 Å². The molecule has 1 aromatic rings. The van der Waals surface area contributed by atoms with E-state index in [1.165, 1.54) is 62.7 Å². The molecule has 0 bridgehead atoms. The normalized spacial score (nSPS) is 12.5. The van der Waals surface area contributed by atoms with E-state index >= 15 is 0 Å². The first kappa shape index (κ1) is 24.1. The third-order valence-electron chi connectivity index (χ3n) is 5.41. The molecule has 148 valence electrons. The standard InChI is InChI=1S/C12H15S.3C4H9.Sn/c1-2-3-4-8-11-13-12-9-6-5-7-10-12;3*1-3-4-2;/h5-10H,2-4H2,1H3;3*1,3-4H2,2H3;. The summed E-state index contributed by atoms with van der Waals surface area (Å²) < 4.78 is 6.60. The Morgan fingerprint density at radius 1 is 0.769 bits per heavy atom. The van der Waals surface area contributed by atoms with Crippen LogP contribution in [0.15, 0.2) is 44.2 Å². The predicted octanol–water partition coefficient (Wildman–Crippen LogP) is 9.24. The van der Waals surface area contributed by atoms with Gasteiger partial charge in [0.25, 0.3) is 0 Å². The molecule has 1 rings (SSSR count). The summed E-state index contributed by atoms with van der Waals surface area (Å²) in [5.74, 6) is 0. The van der Waals surface area contributed by atoms with Crippen LogP contribution in [0.4, 0.5) is 0 Å². The number of hydrogen-bond acceptors (Lipinski definition) is 1. The van der Waals surface area contributed by atoms with Gasteiger partial charge in [-0.25, -0.2) is 0 Å². The van der Waals surface area contributed by atoms with E-state index in [4.69, 9.17) is 0 Å². The van der Waals surface area contributed by atoms with Crippen LogP contribution in [0, 0.1) is 0 Å². The molecule has 0 saturated heterocycles. The molecular weight excluding hydrogens is 439 g/mol. The second-order valence-corrected chi connectivity index (χ2v) is 23.0. The Labute approximate surface area is 172 Å². The Hall–Kier alpha value is 0.109. The average Bonchev–Trinajstić information content (AvgIpc) is 2.68. The molecule has 0 aliphatic carbocycles. The summed E-state index contributed by atoms with van der Waals surface area (Å²) in [5.41, 5.74) is 0. The van der Waals surface area contributed by atoms with Crippen LogP contribution in [0.1, 0.15) is 85.5 Å². The fourth-order valence-electron chi connectivity index (χ4n) is 3.71. The van der Waals surface area contributed by atoms with Gasteiger partial charge in [-0.05, 0) is 0 Å². The van der Waals surface area contributed by atoms with Gasteiger partial charge in [0.1, 0.15) is 0 Å². The molecule has 0 atom stereocenters. The molecule has 0 unspecified atom stereocenters. The Morgan fingerprint density at radius 2 is 1.27 bits per heavy atom. The van der Waals surface area contributed by atoms with Crippen molar-refractivity contribution in [2.75, 3.05) is 0 Å². The number of allylic oxidation sites excluding steroid dienone is 1. The summed E-state index contributed by atoms with van der Waals surface area (Å²) >= 11 is -0.164. The molecule has 0 saturated carbocycles. The Balaban J connectivity index is 3.18. The molecule has 2 heteroatoms. The predicted molar refractivity (Wildman–Crippen MR) is 125 cm³/mol. The third kappa shape index (κ3) is 8.86. The summed E-state index contributed by atoms with van der Waals surface area (Å²) in [6.45, 7) is 9.45. The van der Waals surface area contributed by atoms with Crippen LogP contribution in [0.2, 0.25) is 13.3 Å². The van der Waals surface area contributed by atoms with Gasteiger partial charge in [0, 0.05) is 0 Å². The zero-order valence-electron chi connectivity index (χ0n) is 17.9. The summed E-state index contributed by atoms with van der Waals surface area (Å²) in [7, 11) is 0. The molecule has 0 aliphatic heterocycles. The van der Waals surface area contributed by atoms with Gasteiger partial charge in [-0.3, -0.25) is 0 Å². The van der Waals surface area contributed by atoms with Crippen LogP contribution in [0.3, 0.4) is 0 Å². The van der Waals surface area contributed by atoms with Crippen molar-refractivity contribution in [1.29, 1.82) is 0 Å². The van der Waals surface area contributed by atoms with Crippen molar-refractivity contribution in [3.05, 3.63) is 39.3 Å². The third-order valence-corrected chi connectivity index (χ3v) is 24.9. The van der Waals surface area contributed by atoms with E-state index < -0.39 is 18.4 Å². The molecule has 0 N–H and O–H groups in total. The van der Waals surface area contributed by atoms with Crippen molar-refractivity contribution in [1.82, 2.24) is 0 Å². The van der Waals surface area contributed by atoms with E-state index in [1.54, 1.807) is 13.3 Å². The summed E-state index contributed by atoms with van der Waals surface area (Å²) in [4.78, 5) is 1.46. The molecule has 0 amide bonds. The topological polar surface area (TPSA) is 0 Å². The van der Waals surface area contributed by atoms with Gasteiger partial charge < -0.3 is 0 Å². The van der Waals surface area contributed by atoms with Crippen molar-refractivity contribution in [2.45, 2.75) is 104 Å². The molecule has 1 aromatic carbocycles. The molecule has 0 radical (unpaired) electrons. The van der Waals surface area contributed by atoms with Crippen molar-refractivity contribution in [2.24, 2.45) is 0 Å². The number of benzene rings is 1. The summed E-state index contributed by atoms with van der Waals surface area (Å²) in [6.07, 6.45) is 15.1. The van der Waals surface area contributed by atoms with Gasteiger partial charge in [-0.1, -0.05) is 0 Å². The van der Waals surface area contributed by atoms with Crippen LogP contribution >= 0.6 is 11.8 Å². The Bertz CT molecular complexity index is 458. The van der Waals surface area contributed by atoms with E-state index in [2.05, 4.69) is 75.9 Å². The van der Waals surface area contributed by atoms with Gasteiger partial charge in [0.05, 0.1) is 0 Å². The van der Waals surface area contributed by atoms with Gasteiger partial charge in [0.15, 0.2) is 0 Å². The molecule has 0 aromatic heterocycles. The van der Waals surface area contributed by atoms with Crippen molar-refractivity contribution in [3.63, 3.8) is 0 Å². The van der Waals surface area contributed by atoms with Crippen LogP contribution in [0.5, 0.6) is 0 Å². The van der Waals surface area contributed by atoms with E-state index in [-0.39, 0.29) is 0 Å². The Kier molecular flexibility index (Phi) is 14.0. The molecule has 0 heterocycles. The molecule has 0 nitrogen and oxygen atoms in total. The first-order valence-electron chi connectivity index (χ1n) is 11.2. The second-order valence-electron chi connectivity index (χ2n) is 7.72. The average molecular weight is 481 g/mol. The maximum atomic E-state index is 2.71. The number of unbranched alkanes of at least 4 members (excludes halogenated alkanes) is 5. The van der Waals surface area contributed by atoms with Gasteiger partial charge in [-0.15, -0.1) is 0 Å². The van der Waals surface area contributed by atoms with E-state index in [0.717, 1.165) is 0 Å². The fraction of sp³-hybridized carbons (Fsp3) is 0.667. The fourth-order valence-corrected chi connectivity index (χ4v) is 24.3. The van der Waals surface area contributed by atoms with Crippen molar-refractivity contribution in [3.8, 4) is 0 Å². The minimum atomic E-state index is -2.32. The van der Waals surface area contributed by atoms with Gasteiger partial charge in [0.2, 0.25) is 0 Å². The monoisotopic (exact) mass is 482 g/mol. The number of thioether (sulfide) groups is 1. The van der Waals surface area contributed by atoms with Crippen LogP contribution < -0.4 is 0 Å².